The number of nitrogens with one attached hydrogen (secondary N) is 2. The quantitative estimate of drug-likeness (QED) is 0.853. The fourth-order valence-electron chi connectivity index (χ4n) is 3.65. The molecule has 8 heteroatoms. The fraction of sp³-hybridized carbons (Fsp3) is 0.300. The number of amides is 3. The van der Waals surface area contributed by atoms with Crippen molar-refractivity contribution in [3.8, 4) is 5.75 Å². The molecule has 3 amide bonds. The van der Waals surface area contributed by atoms with Crippen LogP contribution in [0.4, 0.5) is 14.9 Å². The van der Waals surface area contributed by atoms with E-state index in [-0.39, 0.29) is 17.8 Å². The molecule has 0 aliphatic carbocycles. The number of carbonyl (C=O) groups excluding carboxylic acids is 2. The molecule has 146 valence electrons. The van der Waals surface area contributed by atoms with Crippen LogP contribution in [0.3, 0.4) is 0 Å². The van der Waals surface area contributed by atoms with Gasteiger partial charge in [0.15, 0.2) is 0 Å². The van der Waals surface area contributed by atoms with Gasteiger partial charge in [-0.2, -0.15) is 0 Å². The average Bonchev–Trinajstić information content (AvgIpc) is 3.04. The number of urea groups is 1. The molecule has 2 saturated heterocycles. The predicted molar refractivity (Wildman–Crippen MR) is 101 cm³/mol. The van der Waals surface area contributed by atoms with E-state index in [1.165, 1.54) is 17.1 Å². The smallest absolute Gasteiger partial charge is 0.338 e. The number of anilines is 1. The van der Waals surface area contributed by atoms with Gasteiger partial charge in [0.1, 0.15) is 17.2 Å². The summed E-state index contributed by atoms with van der Waals surface area (Å²) in [6.07, 6.45) is 1.11. The number of rotatable bonds is 3. The molecule has 0 saturated carbocycles. The summed E-state index contributed by atoms with van der Waals surface area (Å²) in [5.41, 5.74) is 3.66. The maximum absolute atomic E-state index is 13.1. The van der Waals surface area contributed by atoms with Crippen LogP contribution >= 0.6 is 0 Å². The van der Waals surface area contributed by atoms with Gasteiger partial charge in [-0.05, 0) is 36.4 Å². The number of methoxy groups -OCH3 is 1. The van der Waals surface area contributed by atoms with E-state index in [0.717, 1.165) is 0 Å². The molecule has 1 spiro atoms. The first kappa shape index (κ1) is 18.2. The van der Waals surface area contributed by atoms with E-state index in [0.29, 0.717) is 42.9 Å². The number of hydrazine groups is 1. The molecule has 2 aromatic rings. The Kier molecular flexibility index (Phi) is 4.64. The highest BCUT2D eigenvalue weighted by Crippen LogP contribution is 2.29. The van der Waals surface area contributed by atoms with Crippen molar-refractivity contribution >= 4 is 17.6 Å². The van der Waals surface area contributed by atoms with Crippen molar-refractivity contribution in [3.05, 3.63) is 59.9 Å². The Labute approximate surface area is 162 Å². The topological polar surface area (TPSA) is 73.9 Å². The summed E-state index contributed by atoms with van der Waals surface area (Å²) in [6, 6.07) is 12.5. The number of nitrogens with zero attached hydrogens (tertiary/aromatic N) is 2. The maximum atomic E-state index is 13.1. The Balaban J connectivity index is 1.44. The largest absolute Gasteiger partial charge is 0.496 e. The van der Waals surface area contributed by atoms with Crippen LogP contribution < -0.4 is 20.5 Å². The Hall–Kier alpha value is -3.13. The zero-order valence-corrected chi connectivity index (χ0v) is 15.4. The van der Waals surface area contributed by atoms with Gasteiger partial charge in [0.2, 0.25) is 0 Å². The second-order valence-corrected chi connectivity index (χ2v) is 6.93. The van der Waals surface area contributed by atoms with Gasteiger partial charge >= 0.3 is 6.03 Å². The summed E-state index contributed by atoms with van der Waals surface area (Å²) >= 11 is 0. The Bertz CT molecular complexity index is 895. The molecule has 0 bridgehead atoms. The van der Waals surface area contributed by atoms with Gasteiger partial charge in [-0.25, -0.2) is 19.6 Å². The van der Waals surface area contributed by atoms with Gasteiger partial charge in [0.25, 0.3) is 5.91 Å². The summed E-state index contributed by atoms with van der Waals surface area (Å²) < 4.78 is 18.4. The highest BCUT2D eigenvalue weighted by atomic mass is 19.1. The molecule has 0 radical (unpaired) electrons. The number of carbonyl (C=O) groups is 2. The van der Waals surface area contributed by atoms with Crippen LogP contribution in [0.25, 0.3) is 0 Å². The van der Waals surface area contributed by atoms with Gasteiger partial charge in [0, 0.05) is 25.9 Å². The van der Waals surface area contributed by atoms with Crippen LogP contribution in [0.5, 0.6) is 5.75 Å². The first-order chi connectivity index (χ1) is 13.5. The molecule has 2 aromatic carbocycles. The number of piperidine rings is 1. The highest BCUT2D eigenvalue weighted by Gasteiger charge is 2.45. The third-order valence-corrected chi connectivity index (χ3v) is 5.20. The lowest BCUT2D eigenvalue weighted by molar-refractivity contribution is 0.0637. The zero-order chi connectivity index (χ0) is 19.7. The van der Waals surface area contributed by atoms with Crippen molar-refractivity contribution < 1.29 is 18.7 Å². The van der Waals surface area contributed by atoms with Crippen molar-refractivity contribution in [1.29, 1.82) is 0 Å². The molecule has 2 aliphatic heterocycles. The number of hydrogen-bond acceptors (Lipinski definition) is 4. The van der Waals surface area contributed by atoms with E-state index in [4.69, 9.17) is 4.74 Å². The third-order valence-electron chi connectivity index (χ3n) is 5.20. The summed E-state index contributed by atoms with van der Waals surface area (Å²) in [4.78, 5) is 27.0. The number of para-hydroxylation sites is 1. The van der Waals surface area contributed by atoms with E-state index >= 15 is 0 Å². The number of ether oxygens (including phenoxy) is 1. The summed E-state index contributed by atoms with van der Waals surface area (Å²) in [6.45, 7) is 0.975. The molecule has 0 unspecified atom stereocenters. The minimum atomic E-state index is -0.622. The van der Waals surface area contributed by atoms with E-state index in [2.05, 4.69) is 10.7 Å². The minimum Gasteiger partial charge on any atom is -0.496 e. The number of halogens is 1. The number of benzene rings is 2. The predicted octanol–water partition coefficient (Wildman–Crippen LogP) is 2.50. The second-order valence-electron chi connectivity index (χ2n) is 6.93. The first-order valence-corrected chi connectivity index (χ1v) is 9.09. The number of hydrogen-bond donors (Lipinski definition) is 2. The van der Waals surface area contributed by atoms with Crippen LogP contribution in [0.2, 0.25) is 0 Å². The summed E-state index contributed by atoms with van der Waals surface area (Å²) in [5, 5.41) is 4.36. The van der Waals surface area contributed by atoms with Crippen molar-refractivity contribution in [1.82, 2.24) is 15.6 Å². The lowest BCUT2D eigenvalue weighted by Gasteiger charge is -2.39. The third kappa shape index (κ3) is 3.27. The molecule has 0 atom stereocenters. The molecule has 2 N–H and O–H groups in total. The van der Waals surface area contributed by atoms with Crippen molar-refractivity contribution in [2.45, 2.75) is 18.5 Å². The Morgan fingerprint density at radius 2 is 1.79 bits per heavy atom. The molecule has 2 fully saturated rings. The number of likely N-dealkylation sites (tertiary alicyclic amines) is 1. The standard InChI is InChI=1S/C20H21FN4O3/c1-28-17-5-3-2-4-16(17)18(26)24-12-10-20(11-13-24)22-19(27)25(23-20)15-8-6-14(21)7-9-15/h2-9,23H,10-13H2,1H3,(H,22,27). The van der Waals surface area contributed by atoms with Crippen LogP contribution in [-0.4, -0.2) is 42.7 Å². The second kappa shape index (κ2) is 7.12. The van der Waals surface area contributed by atoms with Crippen molar-refractivity contribution in [2.75, 3.05) is 25.2 Å². The fourth-order valence-corrected chi connectivity index (χ4v) is 3.65. The lowest BCUT2D eigenvalue weighted by Crippen LogP contribution is -2.58. The average molecular weight is 384 g/mol. The maximum Gasteiger partial charge on any atom is 0.338 e. The summed E-state index contributed by atoms with van der Waals surface area (Å²) in [7, 11) is 1.54. The van der Waals surface area contributed by atoms with E-state index in [1.807, 2.05) is 6.07 Å². The molecule has 0 aromatic heterocycles. The van der Waals surface area contributed by atoms with Crippen molar-refractivity contribution in [3.63, 3.8) is 0 Å². The molecular weight excluding hydrogens is 363 g/mol. The molecule has 2 heterocycles. The lowest BCUT2D eigenvalue weighted by atomic mass is 9.97. The first-order valence-electron chi connectivity index (χ1n) is 9.09. The molecule has 28 heavy (non-hydrogen) atoms. The van der Waals surface area contributed by atoms with Gasteiger partial charge in [-0.3, -0.25) is 4.79 Å². The van der Waals surface area contributed by atoms with E-state index < -0.39 is 5.66 Å². The van der Waals surface area contributed by atoms with Gasteiger partial charge in [-0.1, -0.05) is 12.1 Å². The Morgan fingerprint density at radius 3 is 2.46 bits per heavy atom. The highest BCUT2D eigenvalue weighted by molar-refractivity contribution is 5.97. The van der Waals surface area contributed by atoms with Gasteiger partial charge in [0.05, 0.1) is 18.4 Å². The van der Waals surface area contributed by atoms with Crippen LogP contribution in [-0.2, 0) is 0 Å². The summed E-state index contributed by atoms with van der Waals surface area (Å²) in [5.74, 6) is 0.0933. The molecule has 2 aliphatic rings. The van der Waals surface area contributed by atoms with Crippen molar-refractivity contribution in [2.24, 2.45) is 0 Å². The van der Waals surface area contributed by atoms with Gasteiger partial charge < -0.3 is 15.0 Å². The molecular formula is C20H21FN4O3. The zero-order valence-electron chi connectivity index (χ0n) is 15.4. The normalized spacial score (nSPS) is 18.3. The van der Waals surface area contributed by atoms with Crippen LogP contribution in [0.1, 0.15) is 23.2 Å². The van der Waals surface area contributed by atoms with E-state index in [9.17, 15) is 14.0 Å². The molecule has 4 rings (SSSR count). The molecule has 7 nitrogen and oxygen atoms in total. The minimum absolute atomic E-state index is 0.0907. The van der Waals surface area contributed by atoms with Gasteiger partial charge in [-0.15, -0.1) is 0 Å². The van der Waals surface area contributed by atoms with E-state index in [1.54, 1.807) is 42.3 Å². The van der Waals surface area contributed by atoms with Crippen LogP contribution in [0.15, 0.2) is 48.5 Å². The van der Waals surface area contributed by atoms with Crippen LogP contribution in [0, 0.1) is 5.82 Å². The SMILES string of the molecule is COc1ccccc1C(=O)N1CCC2(CC1)NC(=O)N(c1ccc(F)cc1)N2. The Morgan fingerprint density at radius 1 is 1.11 bits per heavy atom. The monoisotopic (exact) mass is 384 g/mol.